The van der Waals surface area contributed by atoms with Crippen molar-refractivity contribution < 1.29 is 27.1 Å². The first kappa shape index (κ1) is 18.7. The van der Waals surface area contributed by atoms with Gasteiger partial charge in [0.05, 0.1) is 11.3 Å². The van der Waals surface area contributed by atoms with Crippen LogP contribution in [0.5, 0.6) is 5.75 Å². The number of aromatic nitrogens is 1. The van der Waals surface area contributed by atoms with Crippen LogP contribution in [0.25, 0.3) is 0 Å². The SMILES string of the molecule is CNC(=O)c1ccc(C(C)c2cc(OC(F)(F)F)ccc2F)nc1C. The van der Waals surface area contributed by atoms with Gasteiger partial charge in [-0.1, -0.05) is 6.92 Å². The number of alkyl halides is 3. The molecule has 134 valence electrons. The summed E-state index contributed by atoms with van der Waals surface area (Å²) in [6, 6.07) is 5.90. The van der Waals surface area contributed by atoms with E-state index < -0.39 is 23.8 Å². The second-order valence-corrected chi connectivity index (χ2v) is 5.40. The van der Waals surface area contributed by atoms with Crippen molar-refractivity contribution in [2.45, 2.75) is 26.1 Å². The predicted molar refractivity (Wildman–Crippen MR) is 83.0 cm³/mol. The highest BCUT2D eigenvalue weighted by molar-refractivity contribution is 5.94. The molecular formula is C17H16F4N2O2. The van der Waals surface area contributed by atoms with Gasteiger partial charge in [-0.2, -0.15) is 0 Å². The molecule has 2 aromatic rings. The molecule has 0 aliphatic carbocycles. The van der Waals surface area contributed by atoms with Crippen LogP contribution in [0.3, 0.4) is 0 Å². The van der Waals surface area contributed by atoms with E-state index in [1.165, 1.54) is 7.05 Å². The number of rotatable bonds is 4. The van der Waals surface area contributed by atoms with Crippen LogP contribution in [0.1, 0.15) is 40.2 Å². The standard InChI is InChI=1S/C17H16F4N2O2/c1-9(15-7-5-12(10(2)23-15)16(24)22-3)13-8-11(4-6-14(13)18)25-17(19,20)21/h4-9H,1-3H3,(H,22,24). The Labute approximate surface area is 141 Å². The lowest BCUT2D eigenvalue weighted by Crippen LogP contribution is -2.20. The summed E-state index contributed by atoms with van der Waals surface area (Å²) in [6.07, 6.45) is -4.86. The Morgan fingerprint density at radius 2 is 1.92 bits per heavy atom. The average molecular weight is 356 g/mol. The van der Waals surface area contributed by atoms with E-state index in [2.05, 4.69) is 15.0 Å². The number of nitrogens with one attached hydrogen (secondary N) is 1. The Morgan fingerprint density at radius 3 is 2.48 bits per heavy atom. The van der Waals surface area contributed by atoms with Crippen molar-refractivity contribution in [2.75, 3.05) is 7.05 Å². The summed E-state index contributed by atoms with van der Waals surface area (Å²) in [5, 5.41) is 2.48. The lowest BCUT2D eigenvalue weighted by atomic mass is 9.95. The Hall–Kier alpha value is -2.64. The van der Waals surface area contributed by atoms with Gasteiger partial charge in [0.25, 0.3) is 5.91 Å². The third-order valence-corrected chi connectivity index (χ3v) is 3.69. The second kappa shape index (κ2) is 7.08. The topological polar surface area (TPSA) is 51.2 Å². The zero-order valence-corrected chi connectivity index (χ0v) is 13.7. The Balaban J connectivity index is 2.37. The van der Waals surface area contributed by atoms with Crippen LogP contribution in [-0.2, 0) is 0 Å². The summed E-state index contributed by atoms with van der Waals surface area (Å²) >= 11 is 0. The predicted octanol–water partition coefficient (Wildman–Crippen LogP) is 3.94. The van der Waals surface area contributed by atoms with Crippen molar-refractivity contribution in [3.05, 3.63) is 58.7 Å². The van der Waals surface area contributed by atoms with E-state index in [9.17, 15) is 22.4 Å². The van der Waals surface area contributed by atoms with Crippen LogP contribution in [0.4, 0.5) is 17.6 Å². The largest absolute Gasteiger partial charge is 0.573 e. The molecule has 1 N–H and O–H groups in total. The first-order valence-corrected chi connectivity index (χ1v) is 7.37. The van der Waals surface area contributed by atoms with Gasteiger partial charge in [0.1, 0.15) is 11.6 Å². The molecule has 0 aliphatic heterocycles. The molecule has 0 fully saturated rings. The Morgan fingerprint density at radius 1 is 1.24 bits per heavy atom. The lowest BCUT2D eigenvalue weighted by Gasteiger charge is -2.16. The van der Waals surface area contributed by atoms with Crippen LogP contribution >= 0.6 is 0 Å². The number of amides is 1. The van der Waals surface area contributed by atoms with Gasteiger partial charge in [-0.05, 0) is 37.3 Å². The summed E-state index contributed by atoms with van der Waals surface area (Å²) in [7, 11) is 1.49. The summed E-state index contributed by atoms with van der Waals surface area (Å²) in [6.45, 7) is 3.23. The molecule has 0 spiro atoms. The van der Waals surface area contributed by atoms with Crippen molar-refractivity contribution in [1.29, 1.82) is 0 Å². The van der Waals surface area contributed by atoms with Gasteiger partial charge in [-0.25, -0.2) is 4.39 Å². The van der Waals surface area contributed by atoms with E-state index >= 15 is 0 Å². The third-order valence-electron chi connectivity index (χ3n) is 3.69. The highest BCUT2D eigenvalue weighted by Crippen LogP contribution is 2.31. The van der Waals surface area contributed by atoms with E-state index in [1.807, 2.05) is 0 Å². The molecule has 1 amide bonds. The van der Waals surface area contributed by atoms with Crippen molar-refractivity contribution in [3.8, 4) is 5.75 Å². The van der Waals surface area contributed by atoms with Gasteiger partial charge >= 0.3 is 6.36 Å². The molecule has 1 aromatic heterocycles. The second-order valence-electron chi connectivity index (χ2n) is 5.40. The first-order chi connectivity index (χ1) is 11.6. The maximum Gasteiger partial charge on any atom is 0.573 e. The molecule has 1 unspecified atom stereocenters. The monoisotopic (exact) mass is 356 g/mol. The average Bonchev–Trinajstić information content (AvgIpc) is 2.54. The number of ether oxygens (including phenoxy) is 1. The molecule has 2 rings (SSSR count). The van der Waals surface area contributed by atoms with Crippen LogP contribution < -0.4 is 10.1 Å². The van der Waals surface area contributed by atoms with E-state index in [1.54, 1.807) is 26.0 Å². The summed E-state index contributed by atoms with van der Waals surface area (Å²) < 4.78 is 54.9. The van der Waals surface area contributed by atoms with Crippen molar-refractivity contribution in [2.24, 2.45) is 0 Å². The number of carbonyl (C=O) groups is 1. The number of halogens is 4. The lowest BCUT2D eigenvalue weighted by molar-refractivity contribution is -0.274. The summed E-state index contributed by atoms with van der Waals surface area (Å²) in [5.74, 6) is -2.11. The van der Waals surface area contributed by atoms with Crippen molar-refractivity contribution in [3.63, 3.8) is 0 Å². The Kier molecular flexibility index (Phi) is 5.30. The first-order valence-electron chi connectivity index (χ1n) is 7.37. The number of nitrogens with zero attached hydrogens (tertiary/aromatic N) is 1. The van der Waals surface area contributed by atoms with E-state index in [0.717, 1.165) is 18.2 Å². The highest BCUT2D eigenvalue weighted by Gasteiger charge is 2.31. The van der Waals surface area contributed by atoms with Gasteiger partial charge in [-0.3, -0.25) is 9.78 Å². The highest BCUT2D eigenvalue weighted by atomic mass is 19.4. The maximum absolute atomic E-state index is 14.1. The van der Waals surface area contributed by atoms with Gasteiger partial charge in [0.15, 0.2) is 0 Å². The molecule has 25 heavy (non-hydrogen) atoms. The number of hydrogen-bond acceptors (Lipinski definition) is 3. The summed E-state index contributed by atoms with van der Waals surface area (Å²) in [5.41, 5.74) is 1.24. The quantitative estimate of drug-likeness (QED) is 0.845. The fourth-order valence-corrected chi connectivity index (χ4v) is 2.41. The molecule has 0 saturated heterocycles. The van der Waals surface area contributed by atoms with Crippen LogP contribution in [0.15, 0.2) is 30.3 Å². The molecule has 0 bridgehead atoms. The number of hydrogen-bond donors (Lipinski definition) is 1. The van der Waals surface area contributed by atoms with Gasteiger partial charge in [0, 0.05) is 24.2 Å². The number of benzene rings is 1. The fourth-order valence-electron chi connectivity index (χ4n) is 2.41. The third kappa shape index (κ3) is 4.46. The molecule has 1 atom stereocenters. The molecule has 0 aliphatic rings. The van der Waals surface area contributed by atoms with Crippen LogP contribution in [0.2, 0.25) is 0 Å². The normalized spacial score (nSPS) is 12.6. The molecule has 0 radical (unpaired) electrons. The number of pyridine rings is 1. The molecular weight excluding hydrogens is 340 g/mol. The molecule has 0 saturated carbocycles. The Bertz CT molecular complexity index is 791. The molecule has 1 aromatic carbocycles. The zero-order chi connectivity index (χ0) is 18.8. The van der Waals surface area contributed by atoms with E-state index in [0.29, 0.717) is 17.0 Å². The van der Waals surface area contributed by atoms with E-state index in [-0.39, 0.29) is 11.5 Å². The molecule has 4 nitrogen and oxygen atoms in total. The minimum Gasteiger partial charge on any atom is -0.406 e. The molecule has 1 heterocycles. The van der Waals surface area contributed by atoms with Gasteiger partial charge < -0.3 is 10.1 Å². The minimum atomic E-state index is -4.86. The summed E-state index contributed by atoms with van der Waals surface area (Å²) in [4.78, 5) is 16.0. The van der Waals surface area contributed by atoms with E-state index in [4.69, 9.17) is 0 Å². The maximum atomic E-state index is 14.1. The van der Waals surface area contributed by atoms with Crippen LogP contribution in [0, 0.1) is 12.7 Å². The fraction of sp³-hybridized carbons (Fsp3) is 0.294. The van der Waals surface area contributed by atoms with Crippen LogP contribution in [-0.4, -0.2) is 24.3 Å². The number of carbonyl (C=O) groups excluding carboxylic acids is 1. The minimum absolute atomic E-state index is 0.0151. The molecule has 8 heteroatoms. The van der Waals surface area contributed by atoms with Gasteiger partial charge in [-0.15, -0.1) is 13.2 Å². The van der Waals surface area contributed by atoms with Crippen molar-refractivity contribution >= 4 is 5.91 Å². The smallest absolute Gasteiger partial charge is 0.406 e. The van der Waals surface area contributed by atoms with Crippen molar-refractivity contribution in [1.82, 2.24) is 10.3 Å². The zero-order valence-electron chi connectivity index (χ0n) is 13.7. The number of aryl methyl sites for hydroxylation is 1. The van der Waals surface area contributed by atoms with Gasteiger partial charge in [0.2, 0.25) is 0 Å².